The Balaban J connectivity index is 1.55. The number of anilines is 1. The Morgan fingerprint density at radius 2 is 1.84 bits per heavy atom. The first-order valence-electron chi connectivity index (χ1n) is 8.69. The molecule has 0 bridgehead atoms. The molecule has 2 heterocycles. The lowest BCUT2D eigenvalue weighted by Crippen LogP contribution is -2.42. The Kier molecular flexibility index (Phi) is 5.16. The first kappa shape index (κ1) is 17.2. The van der Waals surface area contributed by atoms with E-state index in [-0.39, 0.29) is 23.4 Å². The molecule has 132 valence electrons. The van der Waals surface area contributed by atoms with Crippen molar-refractivity contribution in [3.63, 3.8) is 0 Å². The molecule has 1 aliphatic rings. The summed E-state index contributed by atoms with van der Waals surface area (Å²) in [5.41, 5.74) is 0.996. The summed E-state index contributed by atoms with van der Waals surface area (Å²) in [6.07, 6.45) is 1.58. The fraction of sp³-hybridized carbons (Fsp3) is 0.421. The van der Waals surface area contributed by atoms with Gasteiger partial charge in [-0.25, -0.2) is 4.68 Å². The van der Waals surface area contributed by atoms with Gasteiger partial charge in [-0.15, -0.1) is 0 Å². The monoisotopic (exact) mass is 340 g/mol. The minimum Gasteiger partial charge on any atom is -0.355 e. The van der Waals surface area contributed by atoms with Crippen LogP contribution in [0.25, 0.3) is 0 Å². The molecule has 0 radical (unpaired) electrons. The van der Waals surface area contributed by atoms with Crippen molar-refractivity contribution in [3.05, 3.63) is 58.4 Å². The molecule has 6 heteroatoms. The maximum Gasteiger partial charge on any atom is 0.266 e. The van der Waals surface area contributed by atoms with Gasteiger partial charge in [-0.1, -0.05) is 30.3 Å². The summed E-state index contributed by atoms with van der Waals surface area (Å²) in [6.45, 7) is 3.54. The van der Waals surface area contributed by atoms with Gasteiger partial charge in [0.25, 0.3) is 5.56 Å². The summed E-state index contributed by atoms with van der Waals surface area (Å²) in [5.74, 6) is 0.929. The van der Waals surface area contributed by atoms with Crippen LogP contribution in [0.1, 0.15) is 31.4 Å². The van der Waals surface area contributed by atoms with Gasteiger partial charge in [-0.05, 0) is 31.4 Å². The predicted molar refractivity (Wildman–Crippen MR) is 97.4 cm³/mol. The molecule has 0 unspecified atom stereocenters. The maximum atomic E-state index is 12.5. The topological polar surface area (TPSA) is 67.2 Å². The lowest BCUT2D eigenvalue weighted by atomic mass is 9.95. The van der Waals surface area contributed by atoms with E-state index in [4.69, 9.17) is 0 Å². The number of hydrogen-bond donors (Lipinski definition) is 1. The molecule has 3 rings (SSSR count). The SMILES string of the molecule is C[C@@H](NC(=O)C1CCN(c2ccc(=O)n(C)n2)CC1)c1ccccc1. The zero-order valence-electron chi connectivity index (χ0n) is 14.7. The number of rotatable bonds is 4. The van der Waals surface area contributed by atoms with Gasteiger partial charge in [0.2, 0.25) is 5.91 Å². The summed E-state index contributed by atoms with van der Waals surface area (Å²) in [5, 5.41) is 7.40. The number of benzene rings is 1. The first-order chi connectivity index (χ1) is 12.0. The average molecular weight is 340 g/mol. The van der Waals surface area contributed by atoms with Gasteiger partial charge < -0.3 is 10.2 Å². The number of hydrogen-bond acceptors (Lipinski definition) is 4. The highest BCUT2D eigenvalue weighted by Crippen LogP contribution is 2.22. The Hall–Kier alpha value is -2.63. The van der Waals surface area contributed by atoms with Crippen LogP contribution in [0.2, 0.25) is 0 Å². The van der Waals surface area contributed by atoms with Crippen LogP contribution in [0.5, 0.6) is 0 Å². The highest BCUT2D eigenvalue weighted by atomic mass is 16.2. The molecule has 1 aliphatic heterocycles. The third kappa shape index (κ3) is 4.07. The fourth-order valence-electron chi connectivity index (χ4n) is 3.19. The second kappa shape index (κ2) is 7.51. The van der Waals surface area contributed by atoms with Crippen LogP contribution in [0, 0.1) is 5.92 Å². The second-order valence-corrected chi connectivity index (χ2v) is 6.56. The number of nitrogens with zero attached hydrogens (tertiary/aromatic N) is 3. The Morgan fingerprint density at radius 1 is 1.16 bits per heavy atom. The molecule has 0 saturated carbocycles. The minimum atomic E-state index is -0.118. The van der Waals surface area contributed by atoms with Gasteiger partial charge in [-0.3, -0.25) is 9.59 Å². The van der Waals surface area contributed by atoms with Crippen molar-refractivity contribution < 1.29 is 4.79 Å². The van der Waals surface area contributed by atoms with Gasteiger partial charge in [0.1, 0.15) is 5.82 Å². The van der Waals surface area contributed by atoms with Crippen molar-refractivity contribution in [2.24, 2.45) is 13.0 Å². The summed E-state index contributed by atoms with van der Waals surface area (Å²) in [7, 11) is 1.65. The molecular formula is C19H24N4O2. The van der Waals surface area contributed by atoms with E-state index in [1.165, 1.54) is 10.7 Å². The van der Waals surface area contributed by atoms with Crippen LogP contribution in [0.4, 0.5) is 5.82 Å². The molecule has 1 fully saturated rings. The highest BCUT2D eigenvalue weighted by Gasteiger charge is 2.26. The molecule has 0 aliphatic carbocycles. The van der Waals surface area contributed by atoms with Gasteiger partial charge in [0, 0.05) is 32.1 Å². The van der Waals surface area contributed by atoms with E-state index in [2.05, 4.69) is 15.3 Å². The van der Waals surface area contributed by atoms with Crippen LogP contribution in [-0.4, -0.2) is 28.8 Å². The van der Waals surface area contributed by atoms with Crippen LogP contribution in [0.3, 0.4) is 0 Å². The Morgan fingerprint density at radius 3 is 2.48 bits per heavy atom. The molecule has 25 heavy (non-hydrogen) atoms. The highest BCUT2D eigenvalue weighted by molar-refractivity contribution is 5.79. The molecule has 1 aromatic carbocycles. The summed E-state index contributed by atoms with van der Waals surface area (Å²) < 4.78 is 1.34. The molecule has 1 amide bonds. The number of carbonyl (C=O) groups is 1. The Bertz CT molecular complexity index is 780. The standard InChI is InChI=1S/C19H24N4O2/c1-14(15-6-4-3-5-7-15)20-19(25)16-10-12-23(13-11-16)17-8-9-18(24)22(2)21-17/h3-9,14,16H,10-13H2,1-2H3,(H,20,25)/t14-/m1/s1. The molecular weight excluding hydrogens is 316 g/mol. The van der Waals surface area contributed by atoms with E-state index in [0.717, 1.165) is 37.3 Å². The van der Waals surface area contributed by atoms with Crippen molar-refractivity contribution >= 4 is 11.7 Å². The van der Waals surface area contributed by atoms with E-state index in [0.29, 0.717) is 0 Å². The molecule has 0 spiro atoms. The Labute approximate surface area is 147 Å². The lowest BCUT2D eigenvalue weighted by Gasteiger charge is -2.32. The van der Waals surface area contributed by atoms with Gasteiger partial charge in [0.15, 0.2) is 0 Å². The van der Waals surface area contributed by atoms with E-state index in [1.54, 1.807) is 13.1 Å². The van der Waals surface area contributed by atoms with Crippen LogP contribution >= 0.6 is 0 Å². The normalized spacial score (nSPS) is 16.5. The number of aryl methyl sites for hydroxylation is 1. The summed E-state index contributed by atoms with van der Waals surface area (Å²) in [4.78, 5) is 26.1. The third-order valence-corrected chi connectivity index (χ3v) is 4.79. The van der Waals surface area contributed by atoms with Crippen LogP contribution in [0.15, 0.2) is 47.3 Å². The van der Waals surface area contributed by atoms with Gasteiger partial charge in [-0.2, -0.15) is 5.10 Å². The van der Waals surface area contributed by atoms with E-state index >= 15 is 0 Å². The lowest BCUT2D eigenvalue weighted by molar-refractivity contribution is -0.126. The van der Waals surface area contributed by atoms with E-state index in [1.807, 2.05) is 37.3 Å². The predicted octanol–water partition coefficient (Wildman–Crippen LogP) is 1.87. The fourth-order valence-corrected chi connectivity index (χ4v) is 3.19. The van der Waals surface area contributed by atoms with Crippen molar-refractivity contribution in [2.45, 2.75) is 25.8 Å². The molecule has 2 aromatic rings. The largest absolute Gasteiger partial charge is 0.355 e. The molecule has 1 aromatic heterocycles. The zero-order valence-corrected chi connectivity index (χ0v) is 14.7. The smallest absolute Gasteiger partial charge is 0.266 e. The molecule has 1 atom stereocenters. The number of carbonyl (C=O) groups excluding carboxylic acids is 1. The van der Waals surface area contributed by atoms with Gasteiger partial charge >= 0.3 is 0 Å². The molecule has 1 saturated heterocycles. The quantitative estimate of drug-likeness (QED) is 0.923. The number of aromatic nitrogens is 2. The van der Waals surface area contributed by atoms with Crippen LogP contribution < -0.4 is 15.8 Å². The van der Waals surface area contributed by atoms with Crippen molar-refractivity contribution in [2.75, 3.05) is 18.0 Å². The minimum absolute atomic E-state index is 0.0112. The van der Waals surface area contributed by atoms with E-state index < -0.39 is 0 Å². The van der Waals surface area contributed by atoms with Crippen molar-refractivity contribution in [1.82, 2.24) is 15.1 Å². The zero-order chi connectivity index (χ0) is 17.8. The second-order valence-electron chi connectivity index (χ2n) is 6.56. The first-order valence-corrected chi connectivity index (χ1v) is 8.69. The maximum absolute atomic E-state index is 12.5. The number of piperidine rings is 1. The van der Waals surface area contributed by atoms with Crippen LogP contribution in [-0.2, 0) is 11.8 Å². The van der Waals surface area contributed by atoms with Crippen molar-refractivity contribution in [3.8, 4) is 0 Å². The summed E-state index contributed by atoms with van der Waals surface area (Å²) >= 11 is 0. The number of nitrogens with one attached hydrogen (secondary N) is 1. The number of amides is 1. The average Bonchev–Trinajstić information content (AvgIpc) is 2.65. The van der Waals surface area contributed by atoms with Gasteiger partial charge in [0.05, 0.1) is 6.04 Å². The third-order valence-electron chi connectivity index (χ3n) is 4.79. The summed E-state index contributed by atoms with van der Waals surface area (Å²) in [6, 6.07) is 13.3. The molecule has 6 nitrogen and oxygen atoms in total. The molecule has 1 N–H and O–H groups in total. The van der Waals surface area contributed by atoms with Crippen molar-refractivity contribution in [1.29, 1.82) is 0 Å². The van der Waals surface area contributed by atoms with E-state index in [9.17, 15) is 9.59 Å².